The molecule has 0 amide bonds. The zero-order valence-corrected chi connectivity index (χ0v) is 8.45. The summed E-state index contributed by atoms with van der Waals surface area (Å²) in [6.07, 6.45) is 3.56. The fourth-order valence-electron chi connectivity index (χ4n) is 1.04. The summed E-state index contributed by atoms with van der Waals surface area (Å²) in [4.78, 5) is 7.16. The van der Waals surface area contributed by atoms with Gasteiger partial charge in [0.15, 0.2) is 0 Å². The summed E-state index contributed by atoms with van der Waals surface area (Å²) < 4.78 is 1.67. The maximum absolute atomic E-state index is 5.10. The van der Waals surface area contributed by atoms with Gasteiger partial charge in [0.25, 0.3) is 0 Å². The second kappa shape index (κ2) is 2.95. The van der Waals surface area contributed by atoms with Crippen LogP contribution in [0.3, 0.4) is 0 Å². The lowest BCUT2D eigenvalue weighted by Gasteiger charge is -1.96. The van der Waals surface area contributed by atoms with Crippen molar-refractivity contribution in [3.63, 3.8) is 0 Å². The van der Waals surface area contributed by atoms with Gasteiger partial charge in [0, 0.05) is 22.3 Å². The molecule has 0 bridgehead atoms. The van der Waals surface area contributed by atoms with Gasteiger partial charge in [-0.25, -0.2) is 0 Å². The van der Waals surface area contributed by atoms with Gasteiger partial charge in [-0.15, -0.1) is 0 Å². The number of halogens is 1. The zero-order chi connectivity index (χ0) is 8.55. The largest absolute Gasteiger partial charge is 0.352 e. The van der Waals surface area contributed by atoms with Crippen molar-refractivity contribution < 1.29 is 0 Å². The van der Waals surface area contributed by atoms with E-state index >= 15 is 0 Å². The van der Waals surface area contributed by atoms with Gasteiger partial charge in [0.1, 0.15) is 4.64 Å². The highest BCUT2D eigenvalue weighted by molar-refractivity contribution is 9.10. The van der Waals surface area contributed by atoms with Gasteiger partial charge in [-0.05, 0) is 28.1 Å². The Hall–Kier alpha value is -0.740. The molecule has 0 fully saturated rings. The molecule has 0 aliphatic heterocycles. The Bertz CT molecular complexity index is 478. The number of aromatic amines is 1. The Morgan fingerprint density at radius 3 is 3.17 bits per heavy atom. The predicted molar refractivity (Wildman–Crippen MR) is 54.6 cm³/mol. The molecule has 0 aliphatic carbocycles. The maximum atomic E-state index is 5.10. The fraction of sp³-hybridized carbons (Fsp3) is 0. The Labute approximate surface area is 82.8 Å². The first-order chi connectivity index (χ1) is 5.77. The average Bonchev–Trinajstić information content (AvgIpc) is 2.07. The molecule has 0 aliphatic rings. The van der Waals surface area contributed by atoms with E-state index in [-0.39, 0.29) is 0 Å². The number of pyridine rings is 2. The van der Waals surface area contributed by atoms with Crippen LogP contribution in [-0.4, -0.2) is 9.97 Å². The van der Waals surface area contributed by atoms with Crippen LogP contribution in [0.15, 0.2) is 29.0 Å². The number of aromatic nitrogens is 2. The molecule has 0 radical (unpaired) electrons. The van der Waals surface area contributed by atoms with E-state index in [1.165, 1.54) is 0 Å². The first kappa shape index (κ1) is 7.89. The van der Waals surface area contributed by atoms with Crippen LogP contribution in [0.4, 0.5) is 0 Å². The van der Waals surface area contributed by atoms with Gasteiger partial charge in [0.05, 0.1) is 5.52 Å². The highest BCUT2D eigenvalue weighted by Crippen LogP contribution is 2.16. The smallest absolute Gasteiger partial charge is 0.112 e. The van der Waals surface area contributed by atoms with Crippen molar-refractivity contribution in [3.05, 3.63) is 33.6 Å². The van der Waals surface area contributed by atoms with Gasteiger partial charge in [-0.1, -0.05) is 12.2 Å². The molecule has 4 heteroatoms. The van der Waals surface area contributed by atoms with Crippen molar-refractivity contribution in [1.29, 1.82) is 0 Å². The van der Waals surface area contributed by atoms with Crippen molar-refractivity contribution in [2.24, 2.45) is 0 Å². The molecule has 12 heavy (non-hydrogen) atoms. The van der Waals surface area contributed by atoms with E-state index in [0.717, 1.165) is 20.0 Å². The second-order valence-corrected chi connectivity index (χ2v) is 3.72. The van der Waals surface area contributed by atoms with Crippen LogP contribution in [0.1, 0.15) is 0 Å². The summed E-state index contributed by atoms with van der Waals surface area (Å²) >= 11 is 8.44. The Morgan fingerprint density at radius 1 is 1.50 bits per heavy atom. The predicted octanol–water partition coefficient (Wildman–Crippen LogP) is 3.05. The Balaban J connectivity index is 2.98. The number of fused-ring (bicyclic) bond motifs is 1. The number of hydrogen-bond acceptors (Lipinski definition) is 2. The van der Waals surface area contributed by atoms with Gasteiger partial charge in [0.2, 0.25) is 0 Å². The van der Waals surface area contributed by atoms with E-state index in [2.05, 4.69) is 25.9 Å². The van der Waals surface area contributed by atoms with Crippen LogP contribution >= 0.6 is 28.1 Å². The SMILES string of the molecule is S=c1[nH]ccc2ncc(Br)cc12. The van der Waals surface area contributed by atoms with Crippen LogP contribution in [0.5, 0.6) is 0 Å². The van der Waals surface area contributed by atoms with Gasteiger partial charge in [-0.2, -0.15) is 0 Å². The summed E-state index contributed by atoms with van der Waals surface area (Å²) in [7, 11) is 0. The molecule has 0 saturated heterocycles. The molecule has 0 aromatic carbocycles. The van der Waals surface area contributed by atoms with Crippen molar-refractivity contribution in [1.82, 2.24) is 9.97 Å². The quantitative estimate of drug-likeness (QED) is 0.718. The molecular formula is C8H5BrN2S. The summed E-state index contributed by atoms with van der Waals surface area (Å²) in [6, 6.07) is 3.86. The van der Waals surface area contributed by atoms with Crippen molar-refractivity contribution in [2.75, 3.05) is 0 Å². The van der Waals surface area contributed by atoms with E-state index in [0.29, 0.717) is 0 Å². The topological polar surface area (TPSA) is 28.7 Å². The highest BCUT2D eigenvalue weighted by Gasteiger charge is 1.95. The monoisotopic (exact) mass is 240 g/mol. The lowest BCUT2D eigenvalue weighted by atomic mass is 10.3. The molecule has 2 rings (SSSR count). The molecule has 60 valence electrons. The summed E-state index contributed by atoms with van der Waals surface area (Å²) in [5.74, 6) is 0. The van der Waals surface area contributed by atoms with E-state index in [4.69, 9.17) is 12.2 Å². The average molecular weight is 241 g/mol. The highest BCUT2D eigenvalue weighted by atomic mass is 79.9. The standard InChI is InChI=1S/C8H5BrN2S/c9-5-3-6-7(11-4-5)1-2-10-8(6)12/h1-4H,(H,10,12). The first-order valence-corrected chi connectivity index (χ1v) is 4.60. The van der Waals surface area contributed by atoms with Crippen LogP contribution in [0.2, 0.25) is 0 Å². The van der Waals surface area contributed by atoms with Gasteiger partial charge >= 0.3 is 0 Å². The summed E-state index contributed by atoms with van der Waals surface area (Å²) in [5, 5.41) is 0.974. The minimum Gasteiger partial charge on any atom is -0.352 e. The van der Waals surface area contributed by atoms with E-state index in [1.54, 1.807) is 12.4 Å². The molecule has 0 saturated carbocycles. The summed E-state index contributed by atoms with van der Waals surface area (Å²) in [5.41, 5.74) is 0.918. The normalized spacial score (nSPS) is 10.4. The van der Waals surface area contributed by atoms with Crippen molar-refractivity contribution in [2.45, 2.75) is 0 Å². The van der Waals surface area contributed by atoms with E-state index in [9.17, 15) is 0 Å². The number of rotatable bonds is 0. The van der Waals surface area contributed by atoms with Crippen LogP contribution in [0, 0.1) is 4.64 Å². The summed E-state index contributed by atoms with van der Waals surface area (Å²) in [6.45, 7) is 0. The zero-order valence-electron chi connectivity index (χ0n) is 6.04. The van der Waals surface area contributed by atoms with Crippen LogP contribution in [-0.2, 0) is 0 Å². The molecule has 0 spiro atoms. The van der Waals surface area contributed by atoms with Crippen LogP contribution in [0.25, 0.3) is 10.9 Å². The van der Waals surface area contributed by atoms with Crippen LogP contribution < -0.4 is 0 Å². The third-order valence-corrected chi connectivity index (χ3v) is 2.36. The molecule has 2 heterocycles. The number of H-pyrrole nitrogens is 1. The molecule has 2 aromatic rings. The minimum absolute atomic E-state index is 0.723. The second-order valence-electron chi connectivity index (χ2n) is 2.39. The molecule has 1 N–H and O–H groups in total. The third-order valence-electron chi connectivity index (χ3n) is 1.59. The number of nitrogens with one attached hydrogen (secondary N) is 1. The Kier molecular flexibility index (Phi) is 1.94. The number of hydrogen-bond donors (Lipinski definition) is 1. The molecule has 0 unspecified atom stereocenters. The van der Waals surface area contributed by atoms with Crippen molar-refractivity contribution in [3.8, 4) is 0 Å². The number of nitrogens with zero attached hydrogens (tertiary/aromatic N) is 1. The Morgan fingerprint density at radius 2 is 2.33 bits per heavy atom. The molecular weight excluding hydrogens is 236 g/mol. The van der Waals surface area contributed by atoms with Gasteiger partial charge < -0.3 is 4.98 Å². The van der Waals surface area contributed by atoms with E-state index in [1.807, 2.05) is 12.1 Å². The maximum Gasteiger partial charge on any atom is 0.112 e. The third kappa shape index (κ3) is 1.28. The molecule has 2 nitrogen and oxygen atoms in total. The fourth-order valence-corrected chi connectivity index (χ4v) is 1.60. The first-order valence-electron chi connectivity index (χ1n) is 3.40. The van der Waals surface area contributed by atoms with Gasteiger partial charge in [-0.3, -0.25) is 4.98 Å². The minimum atomic E-state index is 0.723. The lowest BCUT2D eigenvalue weighted by molar-refractivity contribution is 1.30. The lowest BCUT2D eigenvalue weighted by Crippen LogP contribution is -1.81. The molecule has 0 atom stereocenters. The molecule has 2 aromatic heterocycles. The van der Waals surface area contributed by atoms with Crippen molar-refractivity contribution >= 4 is 39.1 Å². The van der Waals surface area contributed by atoms with E-state index < -0.39 is 0 Å².